The van der Waals surface area contributed by atoms with Crippen molar-refractivity contribution in [2.45, 2.75) is 44.6 Å². The van der Waals surface area contributed by atoms with E-state index in [1.165, 1.54) is 25.8 Å². The van der Waals surface area contributed by atoms with Gasteiger partial charge in [-0.25, -0.2) is 0 Å². The molecule has 1 aromatic carbocycles. The Kier molecular flexibility index (Phi) is 5.16. The van der Waals surface area contributed by atoms with Crippen LogP contribution in [0.5, 0.6) is 5.75 Å². The van der Waals surface area contributed by atoms with Crippen molar-refractivity contribution in [2.75, 3.05) is 33.3 Å². The summed E-state index contributed by atoms with van der Waals surface area (Å²) < 4.78 is 5.97. The van der Waals surface area contributed by atoms with Gasteiger partial charge in [-0.1, -0.05) is 0 Å². The summed E-state index contributed by atoms with van der Waals surface area (Å²) in [5, 5.41) is 1.04. The van der Waals surface area contributed by atoms with Crippen molar-refractivity contribution >= 4 is 16.8 Å². The number of hydrogen-bond acceptors (Lipinski definition) is 3. The molecule has 2 aliphatic rings. The molecule has 2 aliphatic heterocycles. The molecule has 0 spiro atoms. The number of likely N-dealkylation sites (tertiary alicyclic amines) is 2. The number of ether oxygens (including phenoxy) is 1. The number of fused-ring (bicyclic) bond motifs is 1. The normalized spacial score (nSPS) is 21.4. The molecule has 0 bridgehead atoms. The monoisotopic (exact) mass is 355 g/mol. The molecule has 26 heavy (non-hydrogen) atoms. The van der Waals surface area contributed by atoms with Gasteiger partial charge < -0.3 is 19.5 Å². The average molecular weight is 355 g/mol. The summed E-state index contributed by atoms with van der Waals surface area (Å²) in [5.41, 5.74) is 1.68. The molecule has 1 unspecified atom stereocenters. The molecule has 140 valence electrons. The summed E-state index contributed by atoms with van der Waals surface area (Å²) in [6, 6.07) is 8.66. The summed E-state index contributed by atoms with van der Waals surface area (Å²) in [7, 11) is 2.20. The maximum atomic E-state index is 12.7. The van der Waals surface area contributed by atoms with E-state index in [1.54, 1.807) is 0 Å². The molecule has 0 radical (unpaired) electrons. The van der Waals surface area contributed by atoms with Gasteiger partial charge in [-0.05, 0) is 76.4 Å². The first-order chi connectivity index (χ1) is 12.7. The number of carbonyl (C=O) groups is 1. The van der Waals surface area contributed by atoms with Crippen molar-refractivity contribution in [3.63, 3.8) is 0 Å². The summed E-state index contributed by atoms with van der Waals surface area (Å²) >= 11 is 0. The fourth-order valence-electron chi connectivity index (χ4n) is 4.24. The molecule has 2 fully saturated rings. The number of nitrogens with zero attached hydrogens (tertiary/aromatic N) is 2. The fourth-order valence-corrected chi connectivity index (χ4v) is 4.24. The minimum absolute atomic E-state index is 0.118. The number of aromatic amines is 1. The highest BCUT2D eigenvalue weighted by Gasteiger charge is 2.21. The van der Waals surface area contributed by atoms with E-state index in [-0.39, 0.29) is 5.91 Å². The Labute approximate surface area is 155 Å². The van der Waals surface area contributed by atoms with Gasteiger partial charge in [-0.3, -0.25) is 4.79 Å². The van der Waals surface area contributed by atoms with Crippen molar-refractivity contribution in [3.05, 3.63) is 30.0 Å². The first-order valence-electron chi connectivity index (χ1n) is 9.96. The van der Waals surface area contributed by atoms with Crippen molar-refractivity contribution < 1.29 is 9.53 Å². The lowest BCUT2D eigenvalue weighted by Crippen LogP contribution is -2.35. The number of piperidine rings is 1. The molecule has 5 heteroatoms. The highest BCUT2D eigenvalue weighted by atomic mass is 16.5. The van der Waals surface area contributed by atoms with Crippen LogP contribution in [0.1, 0.15) is 49.0 Å². The number of benzene rings is 1. The van der Waals surface area contributed by atoms with E-state index in [0.717, 1.165) is 55.6 Å². The third-order valence-corrected chi connectivity index (χ3v) is 5.86. The van der Waals surface area contributed by atoms with Crippen LogP contribution in [0.15, 0.2) is 24.3 Å². The molecule has 5 nitrogen and oxygen atoms in total. The third-order valence-electron chi connectivity index (χ3n) is 5.86. The van der Waals surface area contributed by atoms with Crippen LogP contribution >= 0.6 is 0 Å². The van der Waals surface area contributed by atoms with Crippen molar-refractivity contribution in [1.29, 1.82) is 0 Å². The largest absolute Gasteiger partial charge is 0.494 e. The Bertz CT molecular complexity index is 764. The van der Waals surface area contributed by atoms with E-state index in [1.807, 2.05) is 29.2 Å². The van der Waals surface area contributed by atoms with Crippen LogP contribution in [-0.2, 0) is 0 Å². The van der Waals surface area contributed by atoms with E-state index in [4.69, 9.17) is 4.74 Å². The van der Waals surface area contributed by atoms with Crippen LogP contribution in [0, 0.1) is 0 Å². The summed E-state index contributed by atoms with van der Waals surface area (Å²) in [4.78, 5) is 20.3. The zero-order chi connectivity index (χ0) is 17.9. The number of carbonyl (C=O) groups excluding carboxylic acids is 1. The smallest absolute Gasteiger partial charge is 0.270 e. The minimum Gasteiger partial charge on any atom is -0.494 e. The van der Waals surface area contributed by atoms with E-state index in [0.29, 0.717) is 11.7 Å². The van der Waals surface area contributed by atoms with E-state index < -0.39 is 0 Å². The lowest BCUT2D eigenvalue weighted by Gasteiger charge is -2.26. The van der Waals surface area contributed by atoms with Crippen molar-refractivity contribution in [2.24, 2.45) is 0 Å². The van der Waals surface area contributed by atoms with Crippen LogP contribution in [-0.4, -0.2) is 60.0 Å². The number of nitrogens with one attached hydrogen (secondary N) is 1. The second-order valence-electron chi connectivity index (χ2n) is 7.70. The molecule has 1 atom stereocenters. The molecule has 1 amide bonds. The van der Waals surface area contributed by atoms with E-state index >= 15 is 0 Å². The lowest BCUT2D eigenvalue weighted by molar-refractivity contribution is 0.0719. The SMILES string of the molecule is CN1CCCC1CCOc1ccc2[nH]c(C(=O)N3CCCCC3)cc2c1. The second-order valence-corrected chi connectivity index (χ2v) is 7.70. The number of H-pyrrole nitrogens is 1. The Morgan fingerprint density at radius 3 is 2.77 bits per heavy atom. The Balaban J connectivity index is 1.39. The van der Waals surface area contributed by atoms with Gasteiger partial charge in [0.25, 0.3) is 5.91 Å². The maximum absolute atomic E-state index is 12.7. The molecule has 2 aromatic rings. The minimum atomic E-state index is 0.118. The zero-order valence-corrected chi connectivity index (χ0v) is 15.7. The first kappa shape index (κ1) is 17.4. The molecule has 4 rings (SSSR count). The average Bonchev–Trinajstić information content (AvgIpc) is 3.27. The molecule has 1 aromatic heterocycles. The topological polar surface area (TPSA) is 48.6 Å². The van der Waals surface area contributed by atoms with Gasteiger partial charge in [-0.2, -0.15) is 0 Å². The van der Waals surface area contributed by atoms with Crippen molar-refractivity contribution in [3.8, 4) is 5.75 Å². The van der Waals surface area contributed by atoms with Crippen molar-refractivity contribution in [1.82, 2.24) is 14.8 Å². The van der Waals surface area contributed by atoms with Gasteiger partial charge in [-0.15, -0.1) is 0 Å². The van der Waals surface area contributed by atoms with Gasteiger partial charge in [0.1, 0.15) is 11.4 Å². The van der Waals surface area contributed by atoms with Crippen LogP contribution in [0.3, 0.4) is 0 Å². The molecule has 2 saturated heterocycles. The first-order valence-corrected chi connectivity index (χ1v) is 9.96. The molecule has 0 saturated carbocycles. The van der Waals surface area contributed by atoms with Crippen LogP contribution in [0.4, 0.5) is 0 Å². The van der Waals surface area contributed by atoms with Gasteiger partial charge in [0.05, 0.1) is 6.61 Å². The zero-order valence-electron chi connectivity index (χ0n) is 15.7. The van der Waals surface area contributed by atoms with Crippen LogP contribution in [0.2, 0.25) is 0 Å². The Morgan fingerprint density at radius 1 is 1.15 bits per heavy atom. The highest BCUT2D eigenvalue weighted by molar-refractivity contribution is 5.98. The van der Waals surface area contributed by atoms with Crippen LogP contribution < -0.4 is 4.74 Å². The third kappa shape index (κ3) is 3.73. The highest BCUT2D eigenvalue weighted by Crippen LogP contribution is 2.24. The van der Waals surface area contributed by atoms with E-state index in [2.05, 4.69) is 16.9 Å². The number of aromatic nitrogens is 1. The Hall–Kier alpha value is -2.01. The summed E-state index contributed by atoms with van der Waals surface area (Å²) in [5.74, 6) is 1.00. The molecular weight excluding hydrogens is 326 g/mol. The van der Waals surface area contributed by atoms with E-state index in [9.17, 15) is 4.79 Å². The quantitative estimate of drug-likeness (QED) is 0.890. The molecule has 0 aliphatic carbocycles. The van der Waals surface area contributed by atoms with Gasteiger partial charge in [0.2, 0.25) is 0 Å². The number of amides is 1. The van der Waals surface area contributed by atoms with Gasteiger partial charge in [0, 0.05) is 30.0 Å². The maximum Gasteiger partial charge on any atom is 0.270 e. The number of rotatable bonds is 5. The van der Waals surface area contributed by atoms with Gasteiger partial charge in [0.15, 0.2) is 0 Å². The van der Waals surface area contributed by atoms with Crippen LogP contribution in [0.25, 0.3) is 10.9 Å². The summed E-state index contributed by atoms with van der Waals surface area (Å²) in [6.45, 7) is 3.69. The predicted molar refractivity (Wildman–Crippen MR) is 104 cm³/mol. The second kappa shape index (κ2) is 7.70. The molecule has 3 heterocycles. The molecular formula is C21H29N3O2. The summed E-state index contributed by atoms with van der Waals surface area (Å²) in [6.07, 6.45) is 7.09. The Morgan fingerprint density at radius 2 is 2.00 bits per heavy atom. The number of hydrogen-bond donors (Lipinski definition) is 1. The predicted octanol–water partition coefficient (Wildman–Crippen LogP) is 3.66. The lowest BCUT2D eigenvalue weighted by atomic mass is 10.1. The standard InChI is InChI=1S/C21H29N3O2/c1-23-10-5-6-17(23)9-13-26-18-7-8-19-16(14-18)15-20(22-19)21(25)24-11-3-2-4-12-24/h7-8,14-15,17,22H,2-6,9-13H2,1H3. The molecule has 1 N–H and O–H groups in total. The van der Waals surface area contributed by atoms with Gasteiger partial charge >= 0.3 is 0 Å². The fraction of sp³-hybridized carbons (Fsp3) is 0.571.